The highest BCUT2D eigenvalue weighted by molar-refractivity contribution is 5.57. The Labute approximate surface area is 165 Å². The zero-order valence-electron chi connectivity index (χ0n) is 17.9. The van der Waals surface area contributed by atoms with Crippen molar-refractivity contribution < 1.29 is 15.3 Å². The average molecular weight is 377 g/mol. The van der Waals surface area contributed by atoms with E-state index in [1.807, 2.05) is 0 Å². The predicted molar refractivity (Wildman–Crippen MR) is 113 cm³/mol. The lowest BCUT2D eigenvalue weighted by Crippen LogP contribution is -2.04. The largest absolute Gasteiger partial charge is 0.504 e. The van der Waals surface area contributed by atoms with Gasteiger partial charge in [0.1, 0.15) is 0 Å². The molecule has 3 heteroatoms. The molecule has 2 rings (SSSR count). The van der Waals surface area contributed by atoms with Crippen LogP contribution in [0.1, 0.15) is 103 Å². The third-order valence-corrected chi connectivity index (χ3v) is 6.13. The monoisotopic (exact) mass is 376 g/mol. The van der Waals surface area contributed by atoms with Crippen molar-refractivity contribution in [2.45, 2.75) is 105 Å². The second-order valence-electron chi connectivity index (χ2n) is 10.2. The topological polar surface area (TPSA) is 60.7 Å². The van der Waals surface area contributed by atoms with Gasteiger partial charge in [-0.3, -0.25) is 0 Å². The highest BCUT2D eigenvalue weighted by atomic mass is 16.3. The summed E-state index contributed by atoms with van der Waals surface area (Å²) >= 11 is 0. The van der Waals surface area contributed by atoms with Crippen molar-refractivity contribution in [3.05, 3.63) is 17.2 Å². The summed E-state index contributed by atoms with van der Waals surface area (Å²) in [5.41, 5.74) is 2.81. The highest BCUT2D eigenvalue weighted by Crippen LogP contribution is 2.49. The van der Waals surface area contributed by atoms with Gasteiger partial charge in [0.2, 0.25) is 5.75 Å². The molecular formula is C24H40O3. The zero-order chi connectivity index (χ0) is 20.1. The summed E-state index contributed by atoms with van der Waals surface area (Å²) in [6.07, 6.45) is 13.7. The number of hydrogen-bond donors (Lipinski definition) is 3. The number of aromatic hydroxyl groups is 3. The van der Waals surface area contributed by atoms with Gasteiger partial charge >= 0.3 is 0 Å². The van der Waals surface area contributed by atoms with E-state index in [1.54, 1.807) is 6.07 Å². The molecule has 154 valence electrons. The van der Waals surface area contributed by atoms with E-state index in [1.165, 1.54) is 44.9 Å². The number of benzene rings is 1. The number of hydrogen-bond acceptors (Lipinski definition) is 3. The van der Waals surface area contributed by atoms with Crippen molar-refractivity contribution in [2.75, 3.05) is 0 Å². The summed E-state index contributed by atoms with van der Waals surface area (Å²) in [6.45, 7) is 9.16. The van der Waals surface area contributed by atoms with E-state index in [0.717, 1.165) is 43.2 Å². The zero-order valence-corrected chi connectivity index (χ0v) is 17.9. The van der Waals surface area contributed by atoms with Crippen LogP contribution in [0, 0.1) is 10.8 Å². The molecule has 0 radical (unpaired) electrons. The Morgan fingerprint density at radius 2 is 1.48 bits per heavy atom. The maximum atomic E-state index is 10.4. The molecule has 1 fully saturated rings. The van der Waals surface area contributed by atoms with Crippen LogP contribution in [0.15, 0.2) is 6.07 Å². The van der Waals surface area contributed by atoms with E-state index < -0.39 is 0 Å². The van der Waals surface area contributed by atoms with Crippen LogP contribution < -0.4 is 0 Å². The normalized spacial score (nSPS) is 15.9. The summed E-state index contributed by atoms with van der Waals surface area (Å²) in [6, 6.07) is 1.65. The van der Waals surface area contributed by atoms with Crippen LogP contribution in [0.4, 0.5) is 0 Å². The van der Waals surface area contributed by atoms with Crippen LogP contribution in [0.3, 0.4) is 0 Å². The Balaban J connectivity index is 1.86. The van der Waals surface area contributed by atoms with E-state index in [0.29, 0.717) is 10.8 Å². The lowest BCUT2D eigenvalue weighted by molar-refractivity contribution is 0.355. The van der Waals surface area contributed by atoms with Gasteiger partial charge in [-0.15, -0.1) is 0 Å². The molecule has 0 amide bonds. The van der Waals surface area contributed by atoms with Gasteiger partial charge in [-0.2, -0.15) is 0 Å². The molecule has 0 aromatic heterocycles. The van der Waals surface area contributed by atoms with Crippen molar-refractivity contribution in [1.82, 2.24) is 0 Å². The van der Waals surface area contributed by atoms with Crippen LogP contribution >= 0.6 is 0 Å². The first-order valence-corrected chi connectivity index (χ1v) is 10.9. The van der Waals surface area contributed by atoms with Crippen LogP contribution in [-0.2, 0) is 12.8 Å². The summed E-state index contributed by atoms with van der Waals surface area (Å²) in [7, 11) is 0. The number of unbranched alkanes of at least 4 members (excludes halogenated alkanes) is 4. The summed E-state index contributed by atoms with van der Waals surface area (Å²) < 4.78 is 0. The molecule has 0 saturated heterocycles. The Morgan fingerprint density at radius 3 is 2.11 bits per heavy atom. The number of aryl methyl sites for hydroxylation is 1. The first kappa shape index (κ1) is 21.9. The van der Waals surface area contributed by atoms with Crippen LogP contribution in [-0.4, -0.2) is 15.3 Å². The summed E-state index contributed by atoms with van der Waals surface area (Å²) in [5.74, 6) is -0.694. The third-order valence-electron chi connectivity index (χ3n) is 6.13. The van der Waals surface area contributed by atoms with Gasteiger partial charge in [0.25, 0.3) is 0 Å². The molecule has 0 bridgehead atoms. The first-order valence-electron chi connectivity index (χ1n) is 10.9. The molecule has 3 nitrogen and oxygen atoms in total. The first-order chi connectivity index (χ1) is 12.6. The van der Waals surface area contributed by atoms with Gasteiger partial charge in [-0.1, -0.05) is 53.4 Å². The molecular weight excluding hydrogens is 336 g/mol. The Hall–Kier alpha value is -1.38. The molecule has 0 unspecified atom stereocenters. The summed E-state index contributed by atoms with van der Waals surface area (Å²) in [5, 5.41) is 30.2. The summed E-state index contributed by atoms with van der Waals surface area (Å²) in [4.78, 5) is 0. The standard InChI is InChI=1S/C24H40O3/c1-23(2,3)13-9-6-8-12-19-18(17-20(25)22(27)21(19)26)11-7-5-10-14-24(4)15-16-24/h17,25-27H,5-16H2,1-4H3. The van der Waals surface area contributed by atoms with Crippen molar-refractivity contribution in [2.24, 2.45) is 10.8 Å². The fraction of sp³-hybridized carbons (Fsp3) is 0.750. The van der Waals surface area contributed by atoms with Crippen molar-refractivity contribution >= 4 is 0 Å². The molecule has 0 aliphatic heterocycles. The SMILES string of the molecule is CC(C)(C)CCCCCc1c(CCCCCC2(C)CC2)cc(O)c(O)c1O. The Bertz CT molecular complexity index is 609. The minimum atomic E-state index is -0.370. The minimum Gasteiger partial charge on any atom is -0.504 e. The maximum absolute atomic E-state index is 10.4. The second-order valence-corrected chi connectivity index (χ2v) is 10.2. The van der Waals surface area contributed by atoms with E-state index >= 15 is 0 Å². The van der Waals surface area contributed by atoms with E-state index in [-0.39, 0.29) is 17.2 Å². The molecule has 3 N–H and O–H groups in total. The lowest BCUT2D eigenvalue weighted by atomic mass is 9.88. The van der Waals surface area contributed by atoms with Gasteiger partial charge in [-0.05, 0) is 73.8 Å². The Kier molecular flexibility index (Phi) is 7.47. The van der Waals surface area contributed by atoms with E-state index in [2.05, 4.69) is 27.7 Å². The van der Waals surface area contributed by atoms with Crippen molar-refractivity contribution in [3.8, 4) is 17.2 Å². The smallest absolute Gasteiger partial charge is 0.200 e. The molecule has 1 aromatic rings. The van der Waals surface area contributed by atoms with Gasteiger partial charge in [0.05, 0.1) is 0 Å². The Morgan fingerprint density at radius 1 is 0.852 bits per heavy atom. The fourth-order valence-corrected chi connectivity index (χ4v) is 3.88. The molecule has 0 spiro atoms. The van der Waals surface area contributed by atoms with Crippen LogP contribution in [0.5, 0.6) is 17.2 Å². The third kappa shape index (κ3) is 7.27. The van der Waals surface area contributed by atoms with Gasteiger partial charge in [0, 0.05) is 5.56 Å². The van der Waals surface area contributed by atoms with Crippen LogP contribution in [0.25, 0.3) is 0 Å². The molecule has 1 aromatic carbocycles. The molecule has 1 aliphatic carbocycles. The van der Waals surface area contributed by atoms with E-state index in [4.69, 9.17) is 0 Å². The number of phenols is 3. The van der Waals surface area contributed by atoms with Gasteiger partial charge in [0.15, 0.2) is 11.5 Å². The lowest BCUT2D eigenvalue weighted by Gasteiger charge is -2.18. The van der Waals surface area contributed by atoms with Crippen molar-refractivity contribution in [3.63, 3.8) is 0 Å². The number of phenolic OH excluding ortho intramolecular Hbond substituents is 3. The van der Waals surface area contributed by atoms with Crippen molar-refractivity contribution in [1.29, 1.82) is 0 Å². The fourth-order valence-electron chi connectivity index (χ4n) is 3.88. The maximum Gasteiger partial charge on any atom is 0.200 e. The van der Waals surface area contributed by atoms with Crippen LogP contribution in [0.2, 0.25) is 0 Å². The second kappa shape index (κ2) is 9.21. The highest BCUT2D eigenvalue weighted by Gasteiger charge is 2.35. The predicted octanol–water partition coefficient (Wildman–Crippen LogP) is 6.86. The van der Waals surface area contributed by atoms with E-state index in [9.17, 15) is 15.3 Å². The van der Waals surface area contributed by atoms with Gasteiger partial charge < -0.3 is 15.3 Å². The quantitative estimate of drug-likeness (QED) is 0.292. The molecule has 1 aliphatic rings. The molecule has 1 saturated carbocycles. The molecule has 0 heterocycles. The van der Waals surface area contributed by atoms with Gasteiger partial charge in [-0.25, -0.2) is 0 Å². The molecule has 0 atom stereocenters. The molecule has 27 heavy (non-hydrogen) atoms. The average Bonchev–Trinajstić information content (AvgIpc) is 3.31. The minimum absolute atomic E-state index is 0.119. The number of rotatable bonds is 11.